The fourth-order valence-electron chi connectivity index (χ4n) is 3.70. The van der Waals surface area contributed by atoms with Crippen LogP contribution in [0.2, 0.25) is 0 Å². The van der Waals surface area contributed by atoms with E-state index >= 15 is 0 Å². The summed E-state index contributed by atoms with van der Waals surface area (Å²) < 4.78 is 5.42. The summed E-state index contributed by atoms with van der Waals surface area (Å²) in [5.41, 5.74) is 4.93. The Morgan fingerprint density at radius 2 is 1.55 bits per heavy atom. The summed E-state index contributed by atoms with van der Waals surface area (Å²) in [6.45, 7) is 0.108. The van der Waals surface area contributed by atoms with E-state index < -0.39 is 12.2 Å². The quantitative estimate of drug-likeness (QED) is 0.498. The third-order valence-electron chi connectivity index (χ3n) is 5.17. The Labute approximate surface area is 168 Å². The van der Waals surface area contributed by atoms with Crippen molar-refractivity contribution < 1.29 is 24.9 Å². The smallest absolute Gasteiger partial charge is 0.407 e. The summed E-state index contributed by atoms with van der Waals surface area (Å²) >= 11 is 0. The Morgan fingerprint density at radius 1 is 0.931 bits per heavy atom. The normalized spacial score (nSPS) is 13.4. The largest absolute Gasteiger partial charge is 0.504 e. The van der Waals surface area contributed by atoms with Crippen molar-refractivity contribution in [3.63, 3.8) is 0 Å². The molecule has 1 atom stereocenters. The van der Waals surface area contributed by atoms with Gasteiger partial charge in [0.15, 0.2) is 11.5 Å². The van der Waals surface area contributed by atoms with Crippen LogP contribution in [0.25, 0.3) is 11.1 Å². The van der Waals surface area contributed by atoms with E-state index in [-0.39, 0.29) is 30.6 Å². The van der Waals surface area contributed by atoms with Crippen LogP contribution in [-0.2, 0) is 4.74 Å². The number of benzene rings is 3. The zero-order chi connectivity index (χ0) is 20.4. The number of phenolic OH excluding ortho intramolecular Hbond substituents is 2. The zero-order valence-electron chi connectivity index (χ0n) is 15.6. The number of ether oxygens (including phenoxy) is 1. The molecule has 3 aromatic carbocycles. The standard InChI is InChI=1S/C23H21NO5/c25-20-10-9-14(11-21(20)26)22(27)12-24-23(28)29-13-19-17-7-3-1-5-15(17)16-6-2-4-8-18(16)19/h1-11,19,22,25-27H,12-13H2,(H,24,28). The lowest BCUT2D eigenvalue weighted by Gasteiger charge is -2.16. The molecule has 6 heteroatoms. The lowest BCUT2D eigenvalue weighted by Crippen LogP contribution is -2.30. The lowest BCUT2D eigenvalue weighted by atomic mass is 9.98. The summed E-state index contributed by atoms with van der Waals surface area (Å²) in [5.74, 6) is -0.639. The first kappa shape index (κ1) is 18.8. The number of aliphatic hydroxyl groups excluding tert-OH is 1. The molecule has 0 aromatic heterocycles. The number of aliphatic hydroxyl groups is 1. The molecular formula is C23H21NO5. The molecule has 1 aliphatic carbocycles. The van der Waals surface area contributed by atoms with Crippen LogP contribution in [0.3, 0.4) is 0 Å². The van der Waals surface area contributed by atoms with Crippen LogP contribution in [0.5, 0.6) is 11.5 Å². The van der Waals surface area contributed by atoms with E-state index in [1.807, 2.05) is 36.4 Å². The minimum absolute atomic E-state index is 0.0351. The molecule has 3 aromatic rings. The molecular weight excluding hydrogens is 370 g/mol. The highest BCUT2D eigenvalue weighted by Gasteiger charge is 2.29. The van der Waals surface area contributed by atoms with Crippen molar-refractivity contribution in [3.05, 3.63) is 83.4 Å². The first-order valence-corrected chi connectivity index (χ1v) is 9.33. The predicted molar refractivity (Wildman–Crippen MR) is 108 cm³/mol. The van der Waals surface area contributed by atoms with Crippen molar-refractivity contribution in [2.75, 3.05) is 13.2 Å². The number of alkyl carbamates (subject to hydrolysis) is 1. The van der Waals surface area contributed by atoms with Crippen LogP contribution in [0.15, 0.2) is 66.7 Å². The molecule has 29 heavy (non-hydrogen) atoms. The Kier molecular flexibility index (Phi) is 5.10. The van der Waals surface area contributed by atoms with E-state index in [1.54, 1.807) is 0 Å². The third kappa shape index (κ3) is 3.75. The van der Waals surface area contributed by atoms with Crippen LogP contribution in [0, 0.1) is 0 Å². The predicted octanol–water partition coefficient (Wildman–Crippen LogP) is 3.67. The first-order valence-electron chi connectivity index (χ1n) is 9.33. The second kappa shape index (κ2) is 7.85. The number of aromatic hydroxyl groups is 2. The van der Waals surface area contributed by atoms with Crippen LogP contribution in [0.4, 0.5) is 4.79 Å². The third-order valence-corrected chi connectivity index (χ3v) is 5.17. The molecule has 6 nitrogen and oxygen atoms in total. The molecule has 148 valence electrons. The van der Waals surface area contributed by atoms with Crippen LogP contribution >= 0.6 is 0 Å². The van der Waals surface area contributed by atoms with Crippen LogP contribution < -0.4 is 5.32 Å². The summed E-state index contributed by atoms with van der Waals surface area (Å²) in [4.78, 5) is 12.1. The van der Waals surface area contributed by atoms with E-state index in [2.05, 4.69) is 17.4 Å². The highest BCUT2D eigenvalue weighted by atomic mass is 16.5. The molecule has 4 rings (SSSR count). The molecule has 1 aliphatic rings. The minimum atomic E-state index is -1.04. The zero-order valence-corrected chi connectivity index (χ0v) is 15.6. The SMILES string of the molecule is O=C(NCC(O)c1ccc(O)c(O)c1)OCC1c2ccccc2-c2ccccc21. The molecule has 1 unspecified atom stereocenters. The maximum absolute atomic E-state index is 12.1. The summed E-state index contributed by atoms with van der Waals surface area (Å²) in [5, 5.41) is 31.5. The van der Waals surface area contributed by atoms with E-state index in [9.17, 15) is 20.1 Å². The monoisotopic (exact) mass is 391 g/mol. The van der Waals surface area contributed by atoms with Crippen LogP contribution in [-0.4, -0.2) is 34.6 Å². The Hall–Kier alpha value is -3.51. The number of hydrogen-bond donors (Lipinski definition) is 4. The number of nitrogens with one attached hydrogen (secondary N) is 1. The Balaban J connectivity index is 1.37. The van der Waals surface area contributed by atoms with Crippen LogP contribution in [0.1, 0.15) is 28.7 Å². The van der Waals surface area contributed by atoms with Gasteiger partial charge in [-0.1, -0.05) is 54.6 Å². The van der Waals surface area contributed by atoms with Gasteiger partial charge in [0, 0.05) is 5.92 Å². The average Bonchev–Trinajstić information content (AvgIpc) is 3.06. The minimum Gasteiger partial charge on any atom is -0.504 e. The van der Waals surface area contributed by atoms with E-state index in [0.29, 0.717) is 5.56 Å². The second-order valence-corrected chi connectivity index (χ2v) is 6.97. The van der Waals surface area contributed by atoms with E-state index in [1.165, 1.54) is 18.2 Å². The summed E-state index contributed by atoms with van der Waals surface area (Å²) in [7, 11) is 0. The average molecular weight is 391 g/mol. The molecule has 0 aliphatic heterocycles. The summed E-state index contributed by atoms with van der Waals surface area (Å²) in [6.07, 6.45) is -1.67. The number of fused-ring (bicyclic) bond motifs is 3. The first-order chi connectivity index (χ1) is 14.0. The molecule has 0 saturated heterocycles. The number of hydrogen-bond acceptors (Lipinski definition) is 5. The van der Waals surface area contributed by atoms with Crippen molar-refractivity contribution in [2.24, 2.45) is 0 Å². The molecule has 0 saturated carbocycles. The van der Waals surface area contributed by atoms with Gasteiger partial charge in [-0.05, 0) is 39.9 Å². The van der Waals surface area contributed by atoms with Gasteiger partial charge in [-0.3, -0.25) is 0 Å². The number of rotatable bonds is 5. The number of carbonyl (C=O) groups is 1. The highest BCUT2D eigenvalue weighted by Crippen LogP contribution is 2.44. The van der Waals surface area contributed by atoms with Crippen molar-refractivity contribution in [3.8, 4) is 22.6 Å². The van der Waals surface area contributed by atoms with Crippen molar-refractivity contribution >= 4 is 6.09 Å². The second-order valence-electron chi connectivity index (χ2n) is 6.97. The Bertz CT molecular complexity index is 1000. The van der Waals surface area contributed by atoms with Crippen molar-refractivity contribution in [2.45, 2.75) is 12.0 Å². The maximum Gasteiger partial charge on any atom is 0.407 e. The number of carbonyl (C=O) groups excluding carboxylic acids is 1. The molecule has 0 spiro atoms. The number of amides is 1. The summed E-state index contributed by atoms with van der Waals surface area (Å²) in [6, 6.07) is 20.2. The van der Waals surface area contributed by atoms with Gasteiger partial charge >= 0.3 is 6.09 Å². The van der Waals surface area contributed by atoms with E-state index in [4.69, 9.17) is 4.74 Å². The molecule has 4 N–H and O–H groups in total. The van der Waals surface area contributed by atoms with Crippen molar-refractivity contribution in [1.29, 1.82) is 0 Å². The van der Waals surface area contributed by atoms with Gasteiger partial charge in [0.2, 0.25) is 0 Å². The topological polar surface area (TPSA) is 99.0 Å². The molecule has 0 heterocycles. The highest BCUT2D eigenvalue weighted by molar-refractivity contribution is 5.79. The number of phenols is 2. The van der Waals surface area contributed by atoms with Gasteiger partial charge < -0.3 is 25.4 Å². The van der Waals surface area contributed by atoms with Gasteiger partial charge in [0.25, 0.3) is 0 Å². The van der Waals surface area contributed by atoms with E-state index in [0.717, 1.165) is 22.3 Å². The lowest BCUT2D eigenvalue weighted by molar-refractivity contribution is 0.128. The fraction of sp³-hybridized carbons (Fsp3) is 0.174. The van der Waals surface area contributed by atoms with Gasteiger partial charge in [0.1, 0.15) is 6.61 Å². The van der Waals surface area contributed by atoms with Gasteiger partial charge in [-0.15, -0.1) is 0 Å². The van der Waals surface area contributed by atoms with Gasteiger partial charge in [-0.2, -0.15) is 0 Å². The molecule has 0 bridgehead atoms. The molecule has 0 radical (unpaired) electrons. The molecule has 0 fully saturated rings. The van der Waals surface area contributed by atoms with Gasteiger partial charge in [0.05, 0.1) is 12.6 Å². The van der Waals surface area contributed by atoms with Gasteiger partial charge in [-0.25, -0.2) is 4.79 Å². The molecule has 1 amide bonds. The maximum atomic E-state index is 12.1. The Morgan fingerprint density at radius 3 is 2.17 bits per heavy atom. The fourth-order valence-corrected chi connectivity index (χ4v) is 3.70. The van der Waals surface area contributed by atoms with Crippen molar-refractivity contribution in [1.82, 2.24) is 5.32 Å².